The largest absolute Gasteiger partial charge is 0.291 e. The standard InChI is InChI=1S/C5H8BrO/c1-5(6)3-2-4-7/h5H,2-3H2,1H3. The molecule has 0 aromatic heterocycles. The highest BCUT2D eigenvalue weighted by Crippen LogP contribution is 2.03. The van der Waals surface area contributed by atoms with Crippen LogP contribution < -0.4 is 0 Å². The summed E-state index contributed by atoms with van der Waals surface area (Å²) in [6.07, 6.45) is 3.26. The molecule has 1 atom stereocenters. The van der Waals surface area contributed by atoms with Crippen LogP contribution in [0.4, 0.5) is 0 Å². The van der Waals surface area contributed by atoms with Crippen LogP contribution >= 0.6 is 15.9 Å². The molecule has 0 saturated carbocycles. The Bertz CT molecular complexity index is 52.0. The first-order valence-corrected chi connectivity index (χ1v) is 3.18. The summed E-state index contributed by atoms with van der Waals surface area (Å²) in [5.41, 5.74) is 0. The van der Waals surface area contributed by atoms with Gasteiger partial charge in [0.15, 0.2) is 6.29 Å². The first-order chi connectivity index (χ1) is 3.27. The molecular weight excluding hydrogens is 156 g/mol. The van der Waals surface area contributed by atoms with Crippen molar-refractivity contribution in [1.29, 1.82) is 0 Å². The highest BCUT2D eigenvalue weighted by atomic mass is 79.9. The topological polar surface area (TPSA) is 17.1 Å². The third-order valence-corrected chi connectivity index (χ3v) is 1.10. The van der Waals surface area contributed by atoms with Gasteiger partial charge in [-0.3, -0.25) is 4.79 Å². The Balaban J connectivity index is 2.81. The lowest BCUT2D eigenvalue weighted by atomic mass is 10.3. The van der Waals surface area contributed by atoms with Crippen LogP contribution in [0.3, 0.4) is 0 Å². The fourth-order valence-electron chi connectivity index (χ4n) is 0.258. The minimum absolute atomic E-state index is 0.453. The van der Waals surface area contributed by atoms with Gasteiger partial charge < -0.3 is 0 Å². The zero-order chi connectivity index (χ0) is 5.70. The molecular formula is C5H8BrO. The van der Waals surface area contributed by atoms with Crippen molar-refractivity contribution in [2.75, 3.05) is 0 Å². The van der Waals surface area contributed by atoms with Crippen molar-refractivity contribution >= 4 is 22.2 Å². The molecule has 0 aliphatic heterocycles. The van der Waals surface area contributed by atoms with E-state index < -0.39 is 0 Å². The molecule has 0 rings (SSSR count). The molecule has 1 nitrogen and oxygen atoms in total. The molecule has 0 aliphatic rings. The molecule has 0 spiro atoms. The lowest BCUT2D eigenvalue weighted by Crippen LogP contribution is -1.88. The number of rotatable bonds is 3. The average molecular weight is 164 g/mol. The molecule has 1 radical (unpaired) electrons. The van der Waals surface area contributed by atoms with E-state index in [2.05, 4.69) is 15.9 Å². The van der Waals surface area contributed by atoms with E-state index in [1.807, 2.05) is 13.2 Å². The number of halogens is 1. The summed E-state index contributed by atoms with van der Waals surface area (Å²) in [7, 11) is 0. The molecule has 0 saturated heterocycles. The monoisotopic (exact) mass is 163 g/mol. The number of hydrogen-bond acceptors (Lipinski definition) is 1. The van der Waals surface area contributed by atoms with E-state index in [0.29, 0.717) is 11.2 Å². The van der Waals surface area contributed by atoms with Crippen molar-refractivity contribution in [3.05, 3.63) is 0 Å². The zero-order valence-corrected chi connectivity index (χ0v) is 5.86. The van der Waals surface area contributed by atoms with Gasteiger partial charge in [-0.05, 0) is 6.42 Å². The minimum atomic E-state index is 0.453. The Morgan fingerprint density at radius 1 is 1.86 bits per heavy atom. The molecule has 1 unspecified atom stereocenters. The van der Waals surface area contributed by atoms with Crippen LogP contribution in [0.5, 0.6) is 0 Å². The van der Waals surface area contributed by atoms with Gasteiger partial charge in [0.25, 0.3) is 0 Å². The molecule has 7 heavy (non-hydrogen) atoms. The molecule has 0 aromatic carbocycles. The van der Waals surface area contributed by atoms with E-state index in [-0.39, 0.29) is 0 Å². The summed E-state index contributed by atoms with van der Waals surface area (Å²) < 4.78 is 0. The Morgan fingerprint density at radius 3 is 2.57 bits per heavy atom. The molecule has 2 heteroatoms. The molecule has 0 aliphatic carbocycles. The normalized spacial score (nSPS) is 13.4. The van der Waals surface area contributed by atoms with Gasteiger partial charge in [-0.15, -0.1) is 0 Å². The molecule has 0 N–H and O–H groups in total. The number of hydrogen-bond donors (Lipinski definition) is 0. The van der Waals surface area contributed by atoms with E-state index in [9.17, 15) is 4.79 Å². The van der Waals surface area contributed by atoms with Crippen LogP contribution in [0, 0.1) is 0 Å². The summed E-state index contributed by atoms with van der Waals surface area (Å²) in [5.74, 6) is 0. The van der Waals surface area contributed by atoms with E-state index in [0.717, 1.165) is 6.42 Å². The zero-order valence-electron chi connectivity index (χ0n) is 4.28. The van der Waals surface area contributed by atoms with Crippen molar-refractivity contribution < 1.29 is 4.79 Å². The van der Waals surface area contributed by atoms with E-state index >= 15 is 0 Å². The van der Waals surface area contributed by atoms with Gasteiger partial charge >= 0.3 is 0 Å². The van der Waals surface area contributed by atoms with Gasteiger partial charge in [-0.2, -0.15) is 0 Å². The van der Waals surface area contributed by atoms with Crippen molar-refractivity contribution in [3.8, 4) is 0 Å². The molecule has 0 bridgehead atoms. The number of carbonyl (C=O) groups excluding carboxylic acids is 1. The quantitative estimate of drug-likeness (QED) is 0.579. The van der Waals surface area contributed by atoms with Crippen LogP contribution in [0.2, 0.25) is 0 Å². The van der Waals surface area contributed by atoms with E-state index in [4.69, 9.17) is 0 Å². The second kappa shape index (κ2) is 4.31. The van der Waals surface area contributed by atoms with Gasteiger partial charge in [0.05, 0.1) is 0 Å². The Labute approximate surface area is 52.2 Å². The van der Waals surface area contributed by atoms with Crippen LogP contribution in [-0.4, -0.2) is 11.1 Å². The van der Waals surface area contributed by atoms with E-state index in [1.165, 1.54) is 0 Å². The SMILES string of the molecule is CC(Br)CC[C]=O. The second-order valence-electron chi connectivity index (χ2n) is 1.46. The smallest absolute Gasteiger partial charge is 0.198 e. The van der Waals surface area contributed by atoms with Gasteiger partial charge in [0, 0.05) is 11.2 Å². The summed E-state index contributed by atoms with van der Waals surface area (Å²) in [6, 6.07) is 0. The van der Waals surface area contributed by atoms with Gasteiger partial charge in [-0.1, -0.05) is 22.9 Å². The summed E-state index contributed by atoms with van der Waals surface area (Å²) in [6.45, 7) is 2.01. The third kappa shape index (κ3) is 6.15. The van der Waals surface area contributed by atoms with Gasteiger partial charge in [-0.25, -0.2) is 0 Å². The molecule has 0 heterocycles. The summed E-state index contributed by atoms with van der Waals surface area (Å²) in [4.78, 5) is 10.0. The number of alkyl halides is 1. The lowest BCUT2D eigenvalue weighted by Gasteiger charge is -1.92. The Kier molecular flexibility index (Phi) is 4.41. The van der Waals surface area contributed by atoms with Crippen LogP contribution in [0.25, 0.3) is 0 Å². The summed E-state index contributed by atoms with van der Waals surface area (Å²) in [5, 5.41) is 0. The predicted molar refractivity (Wildman–Crippen MR) is 33.3 cm³/mol. The summed E-state index contributed by atoms with van der Waals surface area (Å²) >= 11 is 3.30. The van der Waals surface area contributed by atoms with Crippen molar-refractivity contribution in [2.24, 2.45) is 0 Å². The molecule has 0 amide bonds. The van der Waals surface area contributed by atoms with Crippen LogP contribution in [0.1, 0.15) is 19.8 Å². The fraction of sp³-hybridized carbons (Fsp3) is 0.800. The molecule has 41 valence electrons. The van der Waals surface area contributed by atoms with E-state index in [1.54, 1.807) is 0 Å². The Morgan fingerprint density at radius 2 is 2.43 bits per heavy atom. The van der Waals surface area contributed by atoms with Crippen molar-refractivity contribution in [1.82, 2.24) is 0 Å². The van der Waals surface area contributed by atoms with Gasteiger partial charge in [0.2, 0.25) is 0 Å². The Hall–Kier alpha value is 0.150. The predicted octanol–water partition coefficient (Wildman–Crippen LogP) is 1.66. The first kappa shape index (κ1) is 7.15. The maximum Gasteiger partial charge on any atom is 0.198 e. The maximum absolute atomic E-state index is 9.56. The van der Waals surface area contributed by atoms with Gasteiger partial charge in [0.1, 0.15) is 0 Å². The van der Waals surface area contributed by atoms with Crippen LogP contribution in [0.15, 0.2) is 0 Å². The highest BCUT2D eigenvalue weighted by molar-refractivity contribution is 9.09. The highest BCUT2D eigenvalue weighted by Gasteiger charge is 1.91. The van der Waals surface area contributed by atoms with Crippen LogP contribution in [-0.2, 0) is 4.79 Å². The van der Waals surface area contributed by atoms with Crippen molar-refractivity contribution in [3.63, 3.8) is 0 Å². The molecule has 0 fully saturated rings. The third-order valence-electron chi connectivity index (χ3n) is 0.644. The van der Waals surface area contributed by atoms with Crippen molar-refractivity contribution in [2.45, 2.75) is 24.6 Å². The fourth-order valence-corrected chi connectivity index (χ4v) is 0.487. The minimum Gasteiger partial charge on any atom is -0.291 e. The second-order valence-corrected chi connectivity index (χ2v) is 3.03. The maximum atomic E-state index is 9.56. The lowest BCUT2D eigenvalue weighted by molar-refractivity contribution is 0.549. The molecule has 0 aromatic rings. The first-order valence-electron chi connectivity index (χ1n) is 2.26. The average Bonchev–Trinajstić information content (AvgIpc) is 1.61.